The molecule has 0 aliphatic carbocycles. The van der Waals surface area contributed by atoms with Crippen LogP contribution < -0.4 is 10.6 Å². The number of amides is 1. The third-order valence-corrected chi connectivity index (χ3v) is 4.33. The zero-order valence-corrected chi connectivity index (χ0v) is 16.3. The highest BCUT2D eigenvalue weighted by Gasteiger charge is 2.12. The van der Waals surface area contributed by atoms with Gasteiger partial charge in [-0.15, -0.1) is 0 Å². The molecule has 8 heteroatoms. The number of rotatable bonds is 7. The van der Waals surface area contributed by atoms with Crippen LogP contribution in [0.2, 0.25) is 0 Å². The van der Waals surface area contributed by atoms with Crippen LogP contribution in [0.25, 0.3) is 22.4 Å². The fraction of sp³-hybridized carbons (Fsp3) is 0.182. The molecule has 0 aliphatic rings. The molecule has 156 valence electrons. The summed E-state index contributed by atoms with van der Waals surface area (Å²) in [4.78, 5) is 15.6. The number of phenols is 1. The summed E-state index contributed by atoms with van der Waals surface area (Å²) in [5, 5.41) is 34.4. The largest absolute Gasteiger partial charge is 0.507 e. The van der Waals surface area contributed by atoms with Crippen LogP contribution in [0.1, 0.15) is 6.92 Å². The monoisotopic (exact) mass is 411 g/mol. The quantitative estimate of drug-likeness (QED) is 0.408. The van der Waals surface area contributed by atoms with Crippen molar-refractivity contribution in [3.63, 3.8) is 0 Å². The van der Waals surface area contributed by atoms with Crippen molar-refractivity contribution < 1.29 is 24.5 Å². The van der Waals surface area contributed by atoms with Gasteiger partial charge in [0.05, 0.1) is 18.4 Å². The van der Waals surface area contributed by atoms with E-state index in [2.05, 4.69) is 15.6 Å². The van der Waals surface area contributed by atoms with Crippen LogP contribution in [0.3, 0.4) is 0 Å². The number of nitrogens with one attached hydrogen (secondary N) is 2. The summed E-state index contributed by atoms with van der Waals surface area (Å²) in [6, 6.07) is 14.1. The number of aromatic nitrogens is 1. The first-order chi connectivity index (χ1) is 14.4. The molecular weight excluding hydrogens is 389 g/mol. The molecule has 1 unspecified atom stereocenters. The summed E-state index contributed by atoms with van der Waals surface area (Å²) < 4.78 is 13.8. The van der Waals surface area contributed by atoms with Crippen molar-refractivity contribution in [1.82, 2.24) is 4.98 Å². The van der Waals surface area contributed by atoms with Crippen LogP contribution in [0.5, 0.6) is 5.75 Å². The van der Waals surface area contributed by atoms with E-state index in [1.165, 1.54) is 19.1 Å². The highest BCUT2D eigenvalue weighted by Crippen LogP contribution is 2.33. The minimum atomic E-state index is -0.974. The van der Waals surface area contributed by atoms with E-state index in [1.807, 2.05) is 12.1 Å². The highest BCUT2D eigenvalue weighted by molar-refractivity contribution is 5.89. The third-order valence-electron chi connectivity index (χ3n) is 4.33. The Balaban J connectivity index is 2.03. The summed E-state index contributed by atoms with van der Waals surface area (Å²) in [7, 11) is 0. The van der Waals surface area contributed by atoms with Crippen molar-refractivity contribution in [2.45, 2.75) is 13.0 Å². The van der Waals surface area contributed by atoms with E-state index in [9.17, 15) is 19.4 Å². The number of pyridine rings is 1. The number of carbonyl (C=O) groups excluding carboxylic acids is 1. The van der Waals surface area contributed by atoms with Gasteiger partial charge >= 0.3 is 0 Å². The summed E-state index contributed by atoms with van der Waals surface area (Å²) in [6.45, 7) is 1.07. The van der Waals surface area contributed by atoms with Crippen molar-refractivity contribution in [2.75, 3.05) is 23.8 Å². The SMILES string of the molecule is CC(=O)Nc1ccc(-c2cc(NCC(O)CO)nc(-c3cc(F)ccc3O)c2)cc1. The van der Waals surface area contributed by atoms with Crippen LogP contribution in [-0.4, -0.2) is 45.5 Å². The maximum absolute atomic E-state index is 13.8. The van der Waals surface area contributed by atoms with Gasteiger partial charge in [-0.25, -0.2) is 9.37 Å². The lowest BCUT2D eigenvalue weighted by Crippen LogP contribution is -2.23. The molecule has 3 rings (SSSR count). The number of hydrogen-bond acceptors (Lipinski definition) is 6. The zero-order valence-electron chi connectivity index (χ0n) is 16.3. The van der Waals surface area contributed by atoms with Gasteiger partial charge < -0.3 is 26.0 Å². The Hall–Kier alpha value is -3.49. The first-order valence-electron chi connectivity index (χ1n) is 9.27. The molecule has 2 aromatic carbocycles. The number of carbonyl (C=O) groups is 1. The molecule has 0 aliphatic heterocycles. The van der Waals surface area contributed by atoms with Gasteiger partial charge in [0.15, 0.2) is 0 Å². The van der Waals surface area contributed by atoms with E-state index in [1.54, 1.807) is 24.3 Å². The summed E-state index contributed by atoms with van der Waals surface area (Å²) in [5.74, 6) is -0.433. The van der Waals surface area contributed by atoms with Gasteiger partial charge in [0, 0.05) is 24.7 Å². The number of benzene rings is 2. The lowest BCUT2D eigenvalue weighted by Gasteiger charge is -2.14. The molecule has 0 spiro atoms. The van der Waals surface area contributed by atoms with Gasteiger partial charge in [-0.05, 0) is 53.6 Å². The zero-order chi connectivity index (χ0) is 21.7. The minimum absolute atomic E-state index is 0.0585. The molecule has 7 nitrogen and oxygen atoms in total. The summed E-state index contributed by atoms with van der Waals surface area (Å²) >= 11 is 0. The summed E-state index contributed by atoms with van der Waals surface area (Å²) in [5.41, 5.74) is 2.72. The second-order valence-corrected chi connectivity index (χ2v) is 6.76. The Morgan fingerprint density at radius 2 is 1.83 bits per heavy atom. The molecule has 0 saturated carbocycles. The van der Waals surface area contributed by atoms with Gasteiger partial charge in [-0.2, -0.15) is 0 Å². The molecule has 3 aromatic rings. The minimum Gasteiger partial charge on any atom is -0.507 e. The number of nitrogens with zero attached hydrogens (tertiary/aromatic N) is 1. The molecule has 1 aromatic heterocycles. The number of phenolic OH excluding ortho intramolecular Hbond substituents is 1. The second-order valence-electron chi connectivity index (χ2n) is 6.76. The van der Waals surface area contributed by atoms with E-state index < -0.39 is 18.5 Å². The Morgan fingerprint density at radius 3 is 2.50 bits per heavy atom. The predicted octanol–water partition coefficient (Wildman–Crippen LogP) is 2.98. The number of aromatic hydroxyl groups is 1. The average Bonchev–Trinajstić information content (AvgIpc) is 2.73. The second kappa shape index (κ2) is 9.34. The maximum atomic E-state index is 13.8. The number of aliphatic hydroxyl groups is 2. The summed E-state index contributed by atoms with van der Waals surface area (Å²) in [6.07, 6.45) is -0.974. The number of hydrogen-bond donors (Lipinski definition) is 5. The van der Waals surface area contributed by atoms with E-state index >= 15 is 0 Å². The molecule has 1 heterocycles. The topological polar surface area (TPSA) is 115 Å². The van der Waals surface area contributed by atoms with Gasteiger partial charge in [0.2, 0.25) is 5.91 Å². The third kappa shape index (κ3) is 5.31. The van der Waals surface area contributed by atoms with Crippen LogP contribution in [-0.2, 0) is 4.79 Å². The van der Waals surface area contributed by atoms with Crippen LogP contribution in [0.4, 0.5) is 15.9 Å². The molecule has 0 radical (unpaired) electrons. The van der Waals surface area contributed by atoms with Crippen LogP contribution in [0.15, 0.2) is 54.6 Å². The van der Waals surface area contributed by atoms with Crippen LogP contribution >= 0.6 is 0 Å². The van der Waals surface area contributed by atoms with Crippen molar-refractivity contribution in [2.24, 2.45) is 0 Å². The predicted molar refractivity (Wildman–Crippen MR) is 113 cm³/mol. The smallest absolute Gasteiger partial charge is 0.221 e. The number of halogens is 1. The van der Waals surface area contributed by atoms with Gasteiger partial charge in [-0.1, -0.05) is 12.1 Å². The molecule has 0 saturated heterocycles. The fourth-order valence-corrected chi connectivity index (χ4v) is 2.88. The number of aliphatic hydroxyl groups excluding tert-OH is 2. The van der Waals surface area contributed by atoms with Crippen molar-refractivity contribution in [1.29, 1.82) is 0 Å². The van der Waals surface area contributed by atoms with E-state index in [-0.39, 0.29) is 23.8 Å². The standard InChI is InChI=1S/C22H22FN3O4/c1-13(28)25-17-5-2-14(3-6-17)15-8-20(19-10-16(23)4-7-21(19)30)26-22(9-15)24-11-18(29)12-27/h2-10,18,27,29-30H,11-12H2,1H3,(H,24,26)(H,25,28). The number of anilines is 2. The van der Waals surface area contributed by atoms with Gasteiger partial charge in [0.1, 0.15) is 17.4 Å². The first-order valence-corrected chi connectivity index (χ1v) is 9.27. The van der Waals surface area contributed by atoms with E-state index in [0.29, 0.717) is 17.2 Å². The lowest BCUT2D eigenvalue weighted by molar-refractivity contribution is -0.114. The maximum Gasteiger partial charge on any atom is 0.221 e. The average molecular weight is 411 g/mol. The fourth-order valence-electron chi connectivity index (χ4n) is 2.88. The van der Waals surface area contributed by atoms with Gasteiger partial charge in [0.25, 0.3) is 0 Å². The Morgan fingerprint density at radius 1 is 1.10 bits per heavy atom. The van der Waals surface area contributed by atoms with Crippen molar-refractivity contribution in [3.8, 4) is 28.1 Å². The Bertz CT molecular complexity index is 1040. The molecule has 5 N–H and O–H groups in total. The first kappa shape index (κ1) is 21.2. The normalized spacial score (nSPS) is 11.7. The van der Waals surface area contributed by atoms with E-state index in [4.69, 9.17) is 5.11 Å². The Kier molecular flexibility index (Phi) is 6.61. The lowest BCUT2D eigenvalue weighted by atomic mass is 10.0. The molecular formula is C22H22FN3O4. The van der Waals surface area contributed by atoms with Crippen molar-refractivity contribution in [3.05, 3.63) is 60.4 Å². The highest BCUT2D eigenvalue weighted by atomic mass is 19.1. The molecule has 1 atom stereocenters. The molecule has 1 amide bonds. The van der Waals surface area contributed by atoms with Gasteiger partial charge in [-0.3, -0.25) is 4.79 Å². The Labute approximate surface area is 172 Å². The molecule has 30 heavy (non-hydrogen) atoms. The van der Waals surface area contributed by atoms with Crippen LogP contribution in [0, 0.1) is 5.82 Å². The van der Waals surface area contributed by atoms with E-state index in [0.717, 1.165) is 17.2 Å². The molecule has 0 bridgehead atoms. The molecule has 0 fully saturated rings. The van der Waals surface area contributed by atoms with Crippen molar-refractivity contribution >= 4 is 17.4 Å².